The van der Waals surface area contributed by atoms with Crippen molar-refractivity contribution in [2.75, 3.05) is 6.54 Å². The molecule has 140 valence electrons. The maximum atomic E-state index is 12.3. The molecule has 0 radical (unpaired) electrons. The molecule has 0 unspecified atom stereocenters. The quantitative estimate of drug-likeness (QED) is 0.429. The number of furan rings is 1. The Hall–Kier alpha value is -3.00. The minimum atomic E-state index is -0.442. The van der Waals surface area contributed by atoms with Crippen LogP contribution >= 0.6 is 23.2 Å². The van der Waals surface area contributed by atoms with Crippen LogP contribution in [-0.4, -0.2) is 12.5 Å². The number of halogens is 2. The van der Waals surface area contributed by atoms with Crippen molar-refractivity contribution < 1.29 is 9.21 Å². The number of nitriles is 1. The van der Waals surface area contributed by atoms with Crippen LogP contribution in [-0.2, 0) is 11.2 Å². The summed E-state index contributed by atoms with van der Waals surface area (Å²) in [4.78, 5) is 12.3. The van der Waals surface area contributed by atoms with Gasteiger partial charge in [-0.05, 0) is 42.3 Å². The van der Waals surface area contributed by atoms with E-state index < -0.39 is 5.91 Å². The molecule has 0 aliphatic rings. The van der Waals surface area contributed by atoms with Gasteiger partial charge in [-0.25, -0.2) is 0 Å². The summed E-state index contributed by atoms with van der Waals surface area (Å²) >= 11 is 12.0. The number of rotatable bonds is 6. The third-order valence-corrected chi connectivity index (χ3v) is 4.40. The number of benzene rings is 2. The van der Waals surface area contributed by atoms with Crippen molar-refractivity contribution in [1.82, 2.24) is 5.32 Å². The second-order valence-corrected chi connectivity index (χ2v) is 6.89. The van der Waals surface area contributed by atoms with Crippen LogP contribution in [0.5, 0.6) is 0 Å². The first-order chi connectivity index (χ1) is 13.5. The highest BCUT2D eigenvalue weighted by molar-refractivity contribution is 6.35. The molecule has 0 spiro atoms. The van der Waals surface area contributed by atoms with Gasteiger partial charge in [0.05, 0.1) is 0 Å². The fourth-order valence-electron chi connectivity index (χ4n) is 2.63. The smallest absolute Gasteiger partial charge is 0.262 e. The second kappa shape index (κ2) is 9.27. The van der Waals surface area contributed by atoms with Gasteiger partial charge < -0.3 is 9.73 Å². The molecule has 0 bridgehead atoms. The fraction of sp³-hybridized carbons (Fsp3) is 0.0909. The number of hydrogen-bond donors (Lipinski definition) is 1. The molecule has 0 fully saturated rings. The molecule has 1 N–H and O–H groups in total. The number of carbonyl (C=O) groups excluding carboxylic acids is 1. The van der Waals surface area contributed by atoms with Gasteiger partial charge in [0, 0.05) is 28.2 Å². The summed E-state index contributed by atoms with van der Waals surface area (Å²) in [5, 5.41) is 13.0. The Morgan fingerprint density at radius 2 is 1.79 bits per heavy atom. The summed E-state index contributed by atoms with van der Waals surface area (Å²) in [5.74, 6) is 0.487. The topological polar surface area (TPSA) is 66.0 Å². The monoisotopic (exact) mass is 410 g/mol. The molecule has 3 rings (SSSR count). The Kier molecular flexibility index (Phi) is 6.54. The molecule has 2 aromatic carbocycles. The first-order valence-corrected chi connectivity index (χ1v) is 9.31. The number of nitrogens with zero attached hydrogens (tertiary/aromatic N) is 1. The van der Waals surface area contributed by atoms with E-state index in [9.17, 15) is 10.1 Å². The van der Waals surface area contributed by atoms with E-state index >= 15 is 0 Å². The van der Waals surface area contributed by atoms with Gasteiger partial charge in [0.2, 0.25) is 0 Å². The van der Waals surface area contributed by atoms with Crippen LogP contribution in [0.4, 0.5) is 0 Å². The SMILES string of the molecule is N#CC(=Cc1ccc(-c2cc(Cl)cc(Cl)c2)o1)C(=O)NCCc1ccccc1. The Morgan fingerprint density at radius 3 is 2.46 bits per heavy atom. The zero-order valence-electron chi connectivity index (χ0n) is 14.8. The van der Waals surface area contributed by atoms with Crippen molar-refractivity contribution in [2.45, 2.75) is 6.42 Å². The van der Waals surface area contributed by atoms with Crippen molar-refractivity contribution in [3.8, 4) is 17.4 Å². The maximum absolute atomic E-state index is 12.3. The van der Waals surface area contributed by atoms with Gasteiger partial charge in [0.25, 0.3) is 5.91 Å². The molecule has 0 saturated heterocycles. The number of hydrogen-bond acceptors (Lipinski definition) is 3. The van der Waals surface area contributed by atoms with Gasteiger partial charge >= 0.3 is 0 Å². The van der Waals surface area contributed by atoms with E-state index in [1.807, 2.05) is 36.4 Å². The van der Waals surface area contributed by atoms with E-state index in [4.69, 9.17) is 27.6 Å². The van der Waals surface area contributed by atoms with Gasteiger partial charge in [-0.15, -0.1) is 0 Å². The van der Waals surface area contributed by atoms with E-state index in [1.54, 1.807) is 30.3 Å². The molecule has 6 heteroatoms. The van der Waals surface area contributed by atoms with Crippen LogP contribution in [0, 0.1) is 11.3 Å². The summed E-state index contributed by atoms with van der Waals surface area (Å²) < 4.78 is 5.71. The maximum Gasteiger partial charge on any atom is 0.262 e. The molecule has 0 saturated carbocycles. The molecule has 1 aromatic heterocycles. The molecule has 0 aliphatic carbocycles. The third kappa shape index (κ3) is 5.26. The number of nitrogens with one attached hydrogen (secondary N) is 1. The van der Waals surface area contributed by atoms with Crippen molar-refractivity contribution in [1.29, 1.82) is 5.26 Å². The Balaban J connectivity index is 1.68. The first kappa shape index (κ1) is 19.8. The highest BCUT2D eigenvalue weighted by Gasteiger charge is 2.11. The van der Waals surface area contributed by atoms with Gasteiger partial charge in [-0.1, -0.05) is 53.5 Å². The molecule has 0 aliphatic heterocycles. The van der Waals surface area contributed by atoms with Crippen molar-refractivity contribution in [3.63, 3.8) is 0 Å². The van der Waals surface area contributed by atoms with Crippen LogP contribution in [0.3, 0.4) is 0 Å². The summed E-state index contributed by atoms with van der Waals surface area (Å²) in [6.45, 7) is 0.437. The van der Waals surface area contributed by atoms with E-state index in [2.05, 4.69) is 5.32 Å². The summed E-state index contributed by atoms with van der Waals surface area (Å²) in [7, 11) is 0. The minimum absolute atomic E-state index is 0.0295. The second-order valence-electron chi connectivity index (χ2n) is 6.02. The normalized spacial score (nSPS) is 11.1. The highest BCUT2D eigenvalue weighted by atomic mass is 35.5. The van der Waals surface area contributed by atoms with Crippen LogP contribution in [0.1, 0.15) is 11.3 Å². The predicted octanol–water partition coefficient (Wildman–Crippen LogP) is 5.52. The molecular weight excluding hydrogens is 395 g/mol. The molecule has 1 amide bonds. The van der Waals surface area contributed by atoms with Crippen LogP contribution < -0.4 is 5.32 Å². The van der Waals surface area contributed by atoms with Gasteiger partial charge in [0.15, 0.2) is 0 Å². The lowest BCUT2D eigenvalue weighted by Crippen LogP contribution is -2.26. The lowest BCUT2D eigenvalue weighted by molar-refractivity contribution is -0.117. The molecule has 4 nitrogen and oxygen atoms in total. The summed E-state index contributed by atoms with van der Waals surface area (Å²) in [6, 6.07) is 20.2. The zero-order chi connectivity index (χ0) is 19.9. The van der Waals surface area contributed by atoms with Crippen molar-refractivity contribution in [3.05, 3.63) is 87.6 Å². The first-order valence-electron chi connectivity index (χ1n) is 8.55. The zero-order valence-corrected chi connectivity index (χ0v) is 16.3. The van der Waals surface area contributed by atoms with Crippen LogP contribution in [0.25, 0.3) is 17.4 Å². The predicted molar refractivity (Wildman–Crippen MR) is 111 cm³/mol. The fourth-order valence-corrected chi connectivity index (χ4v) is 3.16. The lowest BCUT2D eigenvalue weighted by atomic mass is 10.1. The largest absolute Gasteiger partial charge is 0.457 e. The molecule has 1 heterocycles. The number of carbonyl (C=O) groups is 1. The van der Waals surface area contributed by atoms with Gasteiger partial charge in [0.1, 0.15) is 23.2 Å². The lowest BCUT2D eigenvalue weighted by Gasteiger charge is -2.04. The van der Waals surface area contributed by atoms with Crippen LogP contribution in [0.2, 0.25) is 10.0 Å². The Morgan fingerprint density at radius 1 is 1.07 bits per heavy atom. The van der Waals surface area contributed by atoms with Gasteiger partial charge in [-0.2, -0.15) is 5.26 Å². The average molecular weight is 411 g/mol. The molecule has 0 atom stereocenters. The molecule has 28 heavy (non-hydrogen) atoms. The highest BCUT2D eigenvalue weighted by Crippen LogP contribution is 2.29. The van der Waals surface area contributed by atoms with Crippen molar-refractivity contribution in [2.24, 2.45) is 0 Å². The standard InChI is InChI=1S/C22H16Cl2N2O2/c23-18-10-16(11-19(24)13-18)21-7-6-20(28-21)12-17(14-25)22(27)26-9-8-15-4-2-1-3-5-15/h1-7,10-13H,8-9H2,(H,26,27). The van der Waals surface area contributed by atoms with E-state index in [-0.39, 0.29) is 5.57 Å². The van der Waals surface area contributed by atoms with Gasteiger partial charge in [-0.3, -0.25) is 4.79 Å². The van der Waals surface area contributed by atoms with E-state index in [0.717, 1.165) is 5.56 Å². The van der Waals surface area contributed by atoms with E-state index in [0.29, 0.717) is 40.1 Å². The summed E-state index contributed by atoms with van der Waals surface area (Å²) in [6.07, 6.45) is 2.10. The number of amides is 1. The Labute approximate surface area is 173 Å². The third-order valence-electron chi connectivity index (χ3n) is 3.97. The summed E-state index contributed by atoms with van der Waals surface area (Å²) in [5.41, 5.74) is 1.79. The van der Waals surface area contributed by atoms with Crippen LogP contribution in [0.15, 0.2) is 70.7 Å². The Bertz CT molecular complexity index is 1030. The van der Waals surface area contributed by atoms with Crippen molar-refractivity contribution >= 4 is 35.2 Å². The minimum Gasteiger partial charge on any atom is -0.457 e. The molecular formula is C22H16Cl2N2O2. The van der Waals surface area contributed by atoms with E-state index in [1.165, 1.54) is 6.08 Å². The average Bonchev–Trinajstić information content (AvgIpc) is 3.15. The molecule has 3 aromatic rings.